The molecule has 2 nitrogen and oxygen atoms in total. The summed E-state index contributed by atoms with van der Waals surface area (Å²) in [5, 5.41) is 3.53. The number of ether oxygens (including phenoxy) is 1. The van der Waals surface area contributed by atoms with E-state index in [9.17, 15) is 0 Å². The summed E-state index contributed by atoms with van der Waals surface area (Å²) in [6.45, 7) is 5.64. The van der Waals surface area contributed by atoms with Crippen LogP contribution in [0.4, 0.5) is 0 Å². The van der Waals surface area contributed by atoms with Crippen LogP contribution in [0.1, 0.15) is 52.4 Å². The Morgan fingerprint density at radius 1 is 1.15 bits per heavy atom. The van der Waals surface area contributed by atoms with Crippen LogP contribution < -0.4 is 5.32 Å². The number of nitrogens with one attached hydrogen (secondary N) is 1. The zero-order chi connectivity index (χ0) is 9.36. The molecule has 0 unspecified atom stereocenters. The molecule has 1 heterocycles. The first kappa shape index (κ1) is 9.47. The largest absolute Gasteiger partial charge is 0.354 e. The maximum atomic E-state index is 6.28. The average Bonchev–Trinajstić information content (AvgIpc) is 2.15. The van der Waals surface area contributed by atoms with Crippen LogP contribution in [0.2, 0.25) is 0 Å². The molecule has 1 N–H and O–H groups in total. The summed E-state index contributed by atoms with van der Waals surface area (Å²) in [6, 6.07) is 0. The van der Waals surface area contributed by atoms with Crippen molar-refractivity contribution in [3.8, 4) is 0 Å². The molecule has 1 saturated heterocycles. The maximum absolute atomic E-state index is 6.28. The quantitative estimate of drug-likeness (QED) is 0.710. The standard InChI is InChI=1S/C11H21NO/c1-3-10(4-2)8-9-12-11(13-10)6-5-7-11/h12H,3-9H2,1-2H3. The van der Waals surface area contributed by atoms with E-state index in [2.05, 4.69) is 19.2 Å². The van der Waals surface area contributed by atoms with E-state index < -0.39 is 0 Å². The van der Waals surface area contributed by atoms with Gasteiger partial charge in [0.05, 0.1) is 5.60 Å². The van der Waals surface area contributed by atoms with Gasteiger partial charge in [-0.1, -0.05) is 13.8 Å². The highest BCUT2D eigenvalue weighted by Crippen LogP contribution is 2.42. The van der Waals surface area contributed by atoms with Gasteiger partial charge in [-0.2, -0.15) is 0 Å². The Morgan fingerprint density at radius 3 is 2.31 bits per heavy atom. The summed E-state index contributed by atoms with van der Waals surface area (Å²) in [4.78, 5) is 0. The molecule has 1 aliphatic heterocycles. The Balaban J connectivity index is 2.05. The highest BCUT2D eigenvalue weighted by molar-refractivity contribution is 4.96. The highest BCUT2D eigenvalue weighted by Gasteiger charge is 2.47. The molecule has 2 heteroatoms. The van der Waals surface area contributed by atoms with Gasteiger partial charge in [0.25, 0.3) is 0 Å². The predicted octanol–water partition coefficient (Wildman–Crippen LogP) is 2.44. The van der Waals surface area contributed by atoms with Crippen molar-refractivity contribution in [3.63, 3.8) is 0 Å². The minimum atomic E-state index is 0.0876. The molecule has 76 valence electrons. The summed E-state index contributed by atoms with van der Waals surface area (Å²) >= 11 is 0. The van der Waals surface area contributed by atoms with Crippen LogP contribution in [0, 0.1) is 0 Å². The van der Waals surface area contributed by atoms with Crippen LogP contribution in [0.3, 0.4) is 0 Å². The molecule has 1 aliphatic carbocycles. The number of hydrogen-bond acceptors (Lipinski definition) is 2. The molecule has 0 aromatic rings. The molecule has 0 amide bonds. The van der Waals surface area contributed by atoms with Crippen LogP contribution >= 0.6 is 0 Å². The Bertz CT molecular complexity index is 183. The zero-order valence-electron chi connectivity index (χ0n) is 8.86. The summed E-state index contributed by atoms with van der Waals surface area (Å²) in [5.41, 5.74) is 0.274. The van der Waals surface area contributed by atoms with Crippen LogP contribution in [-0.2, 0) is 4.74 Å². The van der Waals surface area contributed by atoms with Crippen LogP contribution in [0.15, 0.2) is 0 Å². The van der Waals surface area contributed by atoms with E-state index in [-0.39, 0.29) is 11.3 Å². The highest BCUT2D eigenvalue weighted by atomic mass is 16.5. The molecule has 0 bridgehead atoms. The predicted molar refractivity (Wildman–Crippen MR) is 53.6 cm³/mol. The van der Waals surface area contributed by atoms with Crippen molar-refractivity contribution in [2.24, 2.45) is 0 Å². The molecule has 0 atom stereocenters. The fraction of sp³-hybridized carbons (Fsp3) is 1.00. The minimum Gasteiger partial charge on any atom is -0.354 e. The van der Waals surface area contributed by atoms with E-state index in [4.69, 9.17) is 4.74 Å². The van der Waals surface area contributed by atoms with Gasteiger partial charge in [0, 0.05) is 6.54 Å². The van der Waals surface area contributed by atoms with Crippen molar-refractivity contribution in [2.45, 2.75) is 63.7 Å². The molecule has 2 rings (SSSR count). The van der Waals surface area contributed by atoms with Gasteiger partial charge < -0.3 is 4.74 Å². The molecule has 1 spiro atoms. The van der Waals surface area contributed by atoms with Crippen molar-refractivity contribution >= 4 is 0 Å². The Kier molecular flexibility index (Phi) is 2.37. The fourth-order valence-electron chi connectivity index (χ4n) is 2.54. The van der Waals surface area contributed by atoms with E-state index in [0.29, 0.717) is 0 Å². The molecule has 0 aromatic carbocycles. The van der Waals surface area contributed by atoms with Gasteiger partial charge in [-0.15, -0.1) is 0 Å². The Hall–Kier alpha value is -0.0800. The zero-order valence-corrected chi connectivity index (χ0v) is 8.86. The van der Waals surface area contributed by atoms with Crippen molar-refractivity contribution in [2.75, 3.05) is 6.54 Å². The van der Waals surface area contributed by atoms with E-state index in [0.717, 1.165) is 19.4 Å². The molecular weight excluding hydrogens is 162 g/mol. The first-order valence-electron chi connectivity index (χ1n) is 5.69. The van der Waals surface area contributed by atoms with Crippen LogP contribution in [0.25, 0.3) is 0 Å². The van der Waals surface area contributed by atoms with Gasteiger partial charge in [0.1, 0.15) is 5.72 Å². The van der Waals surface area contributed by atoms with E-state index in [1.807, 2.05) is 0 Å². The molecule has 1 saturated carbocycles. The second-order valence-electron chi connectivity index (χ2n) is 4.52. The number of hydrogen-bond donors (Lipinski definition) is 1. The van der Waals surface area contributed by atoms with Gasteiger partial charge in [-0.25, -0.2) is 0 Å². The SMILES string of the molecule is CCC1(CC)CCNC2(CCC2)O1. The smallest absolute Gasteiger partial charge is 0.119 e. The topological polar surface area (TPSA) is 21.3 Å². The summed E-state index contributed by atoms with van der Waals surface area (Å²) in [5.74, 6) is 0. The monoisotopic (exact) mass is 183 g/mol. The lowest BCUT2D eigenvalue weighted by molar-refractivity contribution is -0.235. The van der Waals surface area contributed by atoms with E-state index in [1.165, 1.54) is 25.7 Å². The Morgan fingerprint density at radius 2 is 1.85 bits per heavy atom. The second kappa shape index (κ2) is 3.25. The third kappa shape index (κ3) is 1.50. The van der Waals surface area contributed by atoms with Crippen molar-refractivity contribution in [1.82, 2.24) is 5.32 Å². The van der Waals surface area contributed by atoms with Crippen molar-refractivity contribution in [3.05, 3.63) is 0 Å². The van der Waals surface area contributed by atoms with Crippen LogP contribution in [-0.4, -0.2) is 17.9 Å². The van der Waals surface area contributed by atoms with Gasteiger partial charge in [0.15, 0.2) is 0 Å². The molecule has 13 heavy (non-hydrogen) atoms. The van der Waals surface area contributed by atoms with E-state index >= 15 is 0 Å². The second-order valence-corrected chi connectivity index (χ2v) is 4.52. The maximum Gasteiger partial charge on any atom is 0.119 e. The van der Waals surface area contributed by atoms with Crippen LogP contribution in [0.5, 0.6) is 0 Å². The normalized spacial score (nSPS) is 30.0. The lowest BCUT2D eigenvalue weighted by Gasteiger charge is -2.53. The lowest BCUT2D eigenvalue weighted by Crippen LogP contribution is -2.62. The minimum absolute atomic E-state index is 0.0876. The fourth-order valence-corrected chi connectivity index (χ4v) is 2.54. The average molecular weight is 183 g/mol. The molecular formula is C11H21NO. The summed E-state index contributed by atoms with van der Waals surface area (Å²) in [6.07, 6.45) is 7.27. The molecule has 2 fully saturated rings. The third-order valence-electron chi connectivity index (χ3n) is 3.89. The van der Waals surface area contributed by atoms with Gasteiger partial charge >= 0.3 is 0 Å². The van der Waals surface area contributed by atoms with Crippen molar-refractivity contribution in [1.29, 1.82) is 0 Å². The van der Waals surface area contributed by atoms with Gasteiger partial charge in [-0.3, -0.25) is 5.32 Å². The number of rotatable bonds is 2. The molecule has 0 aromatic heterocycles. The summed E-state index contributed by atoms with van der Waals surface area (Å²) < 4.78 is 6.28. The molecule has 2 aliphatic rings. The Labute approximate surface area is 81.0 Å². The third-order valence-corrected chi connectivity index (χ3v) is 3.89. The van der Waals surface area contributed by atoms with Gasteiger partial charge in [0.2, 0.25) is 0 Å². The van der Waals surface area contributed by atoms with Gasteiger partial charge in [-0.05, 0) is 38.5 Å². The summed E-state index contributed by atoms with van der Waals surface area (Å²) in [7, 11) is 0. The molecule has 0 radical (unpaired) electrons. The lowest BCUT2D eigenvalue weighted by atomic mass is 9.82. The van der Waals surface area contributed by atoms with E-state index in [1.54, 1.807) is 0 Å². The first-order valence-corrected chi connectivity index (χ1v) is 5.69. The first-order chi connectivity index (χ1) is 6.24. The van der Waals surface area contributed by atoms with Crippen molar-refractivity contribution < 1.29 is 4.74 Å².